The van der Waals surface area contributed by atoms with E-state index in [2.05, 4.69) is 46.9 Å². The quantitative estimate of drug-likeness (QED) is 0.657. The third-order valence-corrected chi connectivity index (χ3v) is 3.93. The van der Waals surface area contributed by atoms with Crippen molar-refractivity contribution in [1.82, 2.24) is 4.98 Å². The zero-order valence-corrected chi connectivity index (χ0v) is 14.9. The highest BCUT2D eigenvalue weighted by molar-refractivity contribution is 8.93. The van der Waals surface area contributed by atoms with Gasteiger partial charge in [-0.15, -0.1) is 28.3 Å². The molecule has 0 amide bonds. The van der Waals surface area contributed by atoms with Gasteiger partial charge < -0.3 is 10.1 Å². The molecular formula is C17H17BrN2OS. The molecular weight excluding hydrogens is 360 g/mol. The Labute approximate surface area is 144 Å². The van der Waals surface area contributed by atoms with E-state index >= 15 is 0 Å². The van der Waals surface area contributed by atoms with Gasteiger partial charge >= 0.3 is 0 Å². The molecule has 0 aliphatic rings. The molecule has 1 N–H and O–H groups in total. The monoisotopic (exact) mass is 376 g/mol. The summed E-state index contributed by atoms with van der Waals surface area (Å²) in [5.74, 6) is 0.829. The minimum Gasteiger partial charge on any atom is -0.497 e. The summed E-state index contributed by atoms with van der Waals surface area (Å²) in [5.41, 5.74) is 4.35. The number of anilines is 2. The van der Waals surface area contributed by atoms with E-state index in [1.807, 2.05) is 24.3 Å². The van der Waals surface area contributed by atoms with Gasteiger partial charge in [-0.2, -0.15) is 0 Å². The highest BCUT2D eigenvalue weighted by Crippen LogP contribution is 2.28. The average molecular weight is 377 g/mol. The lowest BCUT2D eigenvalue weighted by Gasteiger charge is -2.04. The number of nitrogens with one attached hydrogen (secondary N) is 1. The minimum absolute atomic E-state index is 0. The largest absolute Gasteiger partial charge is 0.497 e. The lowest BCUT2D eigenvalue weighted by molar-refractivity contribution is 0.415. The second kappa shape index (κ2) is 7.42. The topological polar surface area (TPSA) is 34.1 Å². The number of benzene rings is 2. The average Bonchev–Trinajstić information content (AvgIpc) is 2.96. The highest BCUT2D eigenvalue weighted by atomic mass is 79.9. The number of thiazole rings is 1. The number of halogens is 1. The maximum absolute atomic E-state index is 5.22. The van der Waals surface area contributed by atoms with Crippen molar-refractivity contribution in [3.8, 4) is 17.0 Å². The molecule has 0 radical (unpaired) electrons. The van der Waals surface area contributed by atoms with Gasteiger partial charge in [0.05, 0.1) is 12.8 Å². The Kier molecular flexibility index (Phi) is 5.57. The molecule has 114 valence electrons. The van der Waals surface area contributed by atoms with Gasteiger partial charge in [-0.1, -0.05) is 35.9 Å². The predicted molar refractivity (Wildman–Crippen MR) is 98.9 cm³/mol. The molecule has 0 bridgehead atoms. The fourth-order valence-corrected chi connectivity index (χ4v) is 2.75. The molecule has 0 fully saturated rings. The van der Waals surface area contributed by atoms with Gasteiger partial charge in [-0.3, -0.25) is 0 Å². The van der Waals surface area contributed by atoms with E-state index in [1.54, 1.807) is 18.4 Å². The summed E-state index contributed by atoms with van der Waals surface area (Å²) in [6, 6.07) is 16.2. The van der Waals surface area contributed by atoms with Crippen LogP contribution in [0.3, 0.4) is 0 Å². The van der Waals surface area contributed by atoms with E-state index in [0.717, 1.165) is 27.8 Å². The number of aryl methyl sites for hydroxylation is 1. The first-order chi connectivity index (χ1) is 10.2. The summed E-state index contributed by atoms with van der Waals surface area (Å²) < 4.78 is 5.22. The molecule has 5 heteroatoms. The molecule has 3 aromatic rings. The van der Waals surface area contributed by atoms with Crippen molar-refractivity contribution in [2.45, 2.75) is 6.92 Å². The van der Waals surface area contributed by atoms with Crippen LogP contribution in [0.5, 0.6) is 5.75 Å². The molecule has 1 aromatic heterocycles. The van der Waals surface area contributed by atoms with Crippen LogP contribution in [0.4, 0.5) is 10.8 Å². The molecule has 0 atom stereocenters. The second-order valence-corrected chi connectivity index (χ2v) is 5.62. The standard InChI is InChI=1S/C17H16N2OS.BrH/c1-12-6-8-13(9-7-12)16-11-21-17(19-16)18-14-4-3-5-15(10-14)20-2;/h3-11H,1-2H3,(H,18,19);1H. The smallest absolute Gasteiger partial charge is 0.187 e. The van der Waals surface area contributed by atoms with Gasteiger partial charge in [0.2, 0.25) is 0 Å². The Morgan fingerprint density at radius 1 is 1.09 bits per heavy atom. The highest BCUT2D eigenvalue weighted by Gasteiger charge is 2.05. The van der Waals surface area contributed by atoms with Crippen molar-refractivity contribution in [3.63, 3.8) is 0 Å². The molecule has 0 aliphatic carbocycles. The second-order valence-electron chi connectivity index (χ2n) is 4.76. The van der Waals surface area contributed by atoms with E-state index in [1.165, 1.54) is 5.56 Å². The molecule has 0 spiro atoms. The van der Waals surface area contributed by atoms with Gasteiger partial charge in [0, 0.05) is 22.7 Å². The number of hydrogen-bond acceptors (Lipinski definition) is 4. The maximum Gasteiger partial charge on any atom is 0.187 e. The van der Waals surface area contributed by atoms with E-state index in [-0.39, 0.29) is 17.0 Å². The van der Waals surface area contributed by atoms with Crippen LogP contribution in [-0.4, -0.2) is 12.1 Å². The van der Waals surface area contributed by atoms with Crippen molar-refractivity contribution in [2.75, 3.05) is 12.4 Å². The number of hydrogen-bond donors (Lipinski definition) is 1. The Hall–Kier alpha value is -1.85. The van der Waals surface area contributed by atoms with Crippen LogP contribution in [0, 0.1) is 6.92 Å². The lowest BCUT2D eigenvalue weighted by Crippen LogP contribution is -1.90. The van der Waals surface area contributed by atoms with Crippen LogP contribution >= 0.6 is 28.3 Å². The van der Waals surface area contributed by atoms with E-state index in [4.69, 9.17) is 4.74 Å². The molecule has 1 heterocycles. The van der Waals surface area contributed by atoms with Crippen LogP contribution in [0.2, 0.25) is 0 Å². The molecule has 2 aromatic carbocycles. The van der Waals surface area contributed by atoms with Crippen molar-refractivity contribution in [1.29, 1.82) is 0 Å². The zero-order chi connectivity index (χ0) is 14.7. The summed E-state index contributed by atoms with van der Waals surface area (Å²) >= 11 is 1.59. The fourth-order valence-electron chi connectivity index (χ4n) is 2.01. The SMILES string of the molecule is Br.COc1cccc(Nc2nc(-c3ccc(C)cc3)cs2)c1. The van der Waals surface area contributed by atoms with Gasteiger partial charge in [0.25, 0.3) is 0 Å². The number of ether oxygens (including phenoxy) is 1. The molecule has 0 saturated carbocycles. The van der Waals surface area contributed by atoms with Crippen LogP contribution in [0.15, 0.2) is 53.9 Å². The summed E-state index contributed by atoms with van der Waals surface area (Å²) in [6.45, 7) is 2.08. The van der Waals surface area contributed by atoms with Crippen LogP contribution in [-0.2, 0) is 0 Å². The normalized spacial score (nSPS) is 9.91. The fraction of sp³-hybridized carbons (Fsp3) is 0.118. The predicted octanol–water partition coefficient (Wildman–Crippen LogP) is 5.45. The Bertz CT molecular complexity index is 740. The van der Waals surface area contributed by atoms with Crippen molar-refractivity contribution in [3.05, 3.63) is 59.5 Å². The van der Waals surface area contributed by atoms with E-state index < -0.39 is 0 Å². The van der Waals surface area contributed by atoms with E-state index in [9.17, 15) is 0 Å². The van der Waals surface area contributed by atoms with Gasteiger partial charge in [0.15, 0.2) is 5.13 Å². The Morgan fingerprint density at radius 2 is 1.86 bits per heavy atom. The summed E-state index contributed by atoms with van der Waals surface area (Å²) in [5, 5.41) is 6.24. The lowest BCUT2D eigenvalue weighted by atomic mass is 10.1. The molecule has 0 unspecified atom stereocenters. The maximum atomic E-state index is 5.22. The molecule has 0 saturated heterocycles. The molecule has 22 heavy (non-hydrogen) atoms. The summed E-state index contributed by atoms with van der Waals surface area (Å²) in [4.78, 5) is 4.63. The molecule has 0 aliphatic heterocycles. The van der Waals surface area contributed by atoms with Crippen LogP contribution in [0.1, 0.15) is 5.56 Å². The van der Waals surface area contributed by atoms with Crippen LogP contribution < -0.4 is 10.1 Å². The zero-order valence-electron chi connectivity index (χ0n) is 12.4. The van der Waals surface area contributed by atoms with Gasteiger partial charge in [-0.05, 0) is 19.1 Å². The third-order valence-electron chi connectivity index (χ3n) is 3.17. The van der Waals surface area contributed by atoms with Crippen molar-refractivity contribution >= 4 is 39.1 Å². The Morgan fingerprint density at radius 3 is 2.59 bits per heavy atom. The summed E-state index contributed by atoms with van der Waals surface area (Å²) in [7, 11) is 1.66. The summed E-state index contributed by atoms with van der Waals surface area (Å²) in [6.07, 6.45) is 0. The van der Waals surface area contributed by atoms with Crippen molar-refractivity contribution < 1.29 is 4.74 Å². The van der Waals surface area contributed by atoms with Gasteiger partial charge in [-0.25, -0.2) is 4.98 Å². The number of rotatable bonds is 4. The van der Waals surface area contributed by atoms with E-state index in [0.29, 0.717) is 0 Å². The molecule has 3 nitrogen and oxygen atoms in total. The van der Waals surface area contributed by atoms with Crippen LogP contribution in [0.25, 0.3) is 11.3 Å². The van der Waals surface area contributed by atoms with Gasteiger partial charge in [0.1, 0.15) is 5.75 Å². The first kappa shape index (κ1) is 16.5. The molecule has 3 rings (SSSR count). The number of nitrogens with zero attached hydrogens (tertiary/aromatic N) is 1. The number of aromatic nitrogens is 1. The third kappa shape index (κ3) is 3.87. The Balaban J connectivity index is 0.00000176. The minimum atomic E-state index is 0. The van der Waals surface area contributed by atoms with Crippen molar-refractivity contribution in [2.24, 2.45) is 0 Å². The number of methoxy groups -OCH3 is 1. The first-order valence-corrected chi connectivity index (χ1v) is 7.56. The first-order valence-electron chi connectivity index (χ1n) is 6.68.